The Morgan fingerprint density at radius 2 is 1.82 bits per heavy atom. The number of amides is 1. The highest BCUT2D eigenvalue weighted by atomic mass is 35.5. The second kappa shape index (κ2) is 8.40. The van der Waals surface area contributed by atoms with Crippen LogP contribution >= 0.6 is 11.6 Å². The van der Waals surface area contributed by atoms with Crippen LogP contribution < -0.4 is 5.32 Å². The molecule has 0 bridgehead atoms. The maximum absolute atomic E-state index is 14.6. The van der Waals surface area contributed by atoms with Gasteiger partial charge in [-0.1, -0.05) is 41.9 Å². The Morgan fingerprint density at radius 1 is 1.03 bits per heavy atom. The molecule has 1 amide bonds. The number of nitrogens with zero attached hydrogens (tertiary/aromatic N) is 5. The van der Waals surface area contributed by atoms with Gasteiger partial charge < -0.3 is 5.32 Å². The van der Waals surface area contributed by atoms with Crippen molar-refractivity contribution in [2.75, 3.05) is 5.32 Å². The Bertz CT molecular complexity index is 1500. The number of aromatic nitrogens is 5. The van der Waals surface area contributed by atoms with Crippen molar-refractivity contribution in [3.05, 3.63) is 95.0 Å². The zero-order chi connectivity index (χ0) is 22.9. The van der Waals surface area contributed by atoms with Crippen molar-refractivity contribution in [2.45, 2.75) is 6.92 Å². The summed E-state index contributed by atoms with van der Waals surface area (Å²) in [6, 6.07) is 20.5. The fourth-order valence-corrected chi connectivity index (χ4v) is 3.66. The summed E-state index contributed by atoms with van der Waals surface area (Å²) in [5.41, 5.74) is 2.97. The molecule has 0 unspecified atom stereocenters. The monoisotopic (exact) mass is 458 g/mol. The molecule has 0 fully saturated rings. The molecule has 2 aromatic heterocycles. The number of aryl methyl sites for hydroxylation is 1. The quantitative estimate of drug-likeness (QED) is 0.398. The lowest BCUT2D eigenvalue weighted by atomic mass is 10.0. The molecule has 1 N–H and O–H groups in total. The van der Waals surface area contributed by atoms with Gasteiger partial charge in [-0.2, -0.15) is 4.68 Å². The van der Waals surface area contributed by atoms with Gasteiger partial charge in [-0.05, 0) is 59.8 Å². The summed E-state index contributed by atoms with van der Waals surface area (Å²) in [6.45, 7) is 1.73. The lowest BCUT2D eigenvalue weighted by Gasteiger charge is -2.12. The van der Waals surface area contributed by atoms with Gasteiger partial charge in [0.25, 0.3) is 5.91 Å². The molecule has 9 heteroatoms. The van der Waals surface area contributed by atoms with E-state index in [1.165, 1.54) is 22.9 Å². The number of anilines is 1. The standard InChI is InChI=1S/C24H16ClFN6O/c1-14-29-30-31-32(14)17-10-11-20(26)23(12-17)28-24(33)19-13-22(15-6-8-16(25)9-7-15)27-21-5-3-2-4-18(19)21/h2-13H,1H3,(H,28,33). The highest BCUT2D eigenvalue weighted by Crippen LogP contribution is 2.27. The van der Waals surface area contributed by atoms with E-state index in [1.54, 1.807) is 31.2 Å². The molecular formula is C24H16ClFN6O. The summed E-state index contributed by atoms with van der Waals surface area (Å²) >= 11 is 6.01. The van der Waals surface area contributed by atoms with Gasteiger partial charge in [-0.3, -0.25) is 4.79 Å². The molecule has 162 valence electrons. The van der Waals surface area contributed by atoms with Crippen molar-refractivity contribution in [2.24, 2.45) is 0 Å². The van der Waals surface area contributed by atoms with Crippen molar-refractivity contribution >= 4 is 34.1 Å². The van der Waals surface area contributed by atoms with E-state index in [9.17, 15) is 9.18 Å². The van der Waals surface area contributed by atoms with E-state index < -0.39 is 11.7 Å². The number of hydrogen-bond acceptors (Lipinski definition) is 5. The van der Waals surface area contributed by atoms with Gasteiger partial charge in [0.15, 0.2) is 5.82 Å². The summed E-state index contributed by atoms with van der Waals surface area (Å²) in [5.74, 6) is -0.506. The third-order valence-corrected chi connectivity index (χ3v) is 5.42. The van der Waals surface area contributed by atoms with Gasteiger partial charge in [0, 0.05) is 16.0 Å². The van der Waals surface area contributed by atoms with Gasteiger partial charge in [0.1, 0.15) is 5.82 Å². The van der Waals surface area contributed by atoms with Crippen LogP contribution in [0.5, 0.6) is 0 Å². The van der Waals surface area contributed by atoms with E-state index in [4.69, 9.17) is 11.6 Å². The first-order chi connectivity index (χ1) is 16.0. The van der Waals surface area contributed by atoms with Crippen LogP contribution in [0.4, 0.5) is 10.1 Å². The Labute approximate surface area is 192 Å². The number of para-hydroxylation sites is 1. The highest BCUT2D eigenvalue weighted by Gasteiger charge is 2.17. The SMILES string of the molecule is Cc1nnnn1-c1ccc(F)c(NC(=O)c2cc(-c3ccc(Cl)cc3)nc3ccccc23)c1. The molecule has 0 atom stereocenters. The van der Waals surface area contributed by atoms with E-state index in [1.807, 2.05) is 30.3 Å². The van der Waals surface area contributed by atoms with Crippen LogP contribution in [-0.2, 0) is 0 Å². The molecule has 0 spiro atoms. The highest BCUT2D eigenvalue weighted by molar-refractivity contribution is 6.30. The molecule has 0 aliphatic carbocycles. The van der Waals surface area contributed by atoms with Crippen molar-refractivity contribution in [1.82, 2.24) is 25.2 Å². The topological polar surface area (TPSA) is 85.6 Å². The first-order valence-corrected chi connectivity index (χ1v) is 10.4. The first-order valence-electron chi connectivity index (χ1n) is 10.0. The van der Waals surface area contributed by atoms with Crippen LogP contribution in [0.1, 0.15) is 16.2 Å². The summed E-state index contributed by atoms with van der Waals surface area (Å²) in [4.78, 5) is 18.0. The number of nitrogens with one attached hydrogen (secondary N) is 1. The number of halogens is 2. The fourth-order valence-electron chi connectivity index (χ4n) is 3.53. The minimum atomic E-state index is -0.575. The van der Waals surface area contributed by atoms with Crippen LogP contribution in [0, 0.1) is 12.7 Å². The van der Waals surface area contributed by atoms with Crippen molar-refractivity contribution < 1.29 is 9.18 Å². The second-order valence-corrected chi connectivity index (χ2v) is 7.77. The predicted octanol–water partition coefficient (Wildman–Crippen LogP) is 5.23. The van der Waals surface area contributed by atoms with Crippen LogP contribution in [0.15, 0.2) is 72.8 Å². The number of fused-ring (bicyclic) bond motifs is 1. The summed E-state index contributed by atoms with van der Waals surface area (Å²) in [7, 11) is 0. The summed E-state index contributed by atoms with van der Waals surface area (Å²) in [5, 5.41) is 15.3. The van der Waals surface area contributed by atoms with E-state index in [-0.39, 0.29) is 5.69 Å². The van der Waals surface area contributed by atoms with E-state index in [0.717, 1.165) is 5.56 Å². The Hall–Kier alpha value is -4.17. The number of hydrogen-bond donors (Lipinski definition) is 1. The number of tetrazole rings is 1. The molecule has 0 saturated heterocycles. The first kappa shape index (κ1) is 20.7. The Kier molecular flexibility index (Phi) is 5.27. The van der Waals surface area contributed by atoms with Gasteiger partial charge in [-0.15, -0.1) is 5.10 Å². The lowest BCUT2D eigenvalue weighted by Crippen LogP contribution is -2.15. The van der Waals surface area contributed by atoms with Crippen LogP contribution in [-0.4, -0.2) is 31.1 Å². The largest absolute Gasteiger partial charge is 0.319 e. The lowest BCUT2D eigenvalue weighted by molar-refractivity contribution is 0.102. The zero-order valence-electron chi connectivity index (χ0n) is 17.3. The van der Waals surface area contributed by atoms with E-state index >= 15 is 0 Å². The van der Waals surface area contributed by atoms with E-state index in [2.05, 4.69) is 25.8 Å². The number of pyridine rings is 1. The molecule has 5 rings (SSSR count). The second-order valence-electron chi connectivity index (χ2n) is 7.34. The third kappa shape index (κ3) is 4.04. The predicted molar refractivity (Wildman–Crippen MR) is 124 cm³/mol. The molecule has 5 aromatic rings. The normalized spacial score (nSPS) is 11.0. The molecule has 0 radical (unpaired) electrons. The number of rotatable bonds is 4. The minimum Gasteiger partial charge on any atom is -0.319 e. The third-order valence-electron chi connectivity index (χ3n) is 5.17. The van der Waals surface area contributed by atoms with Gasteiger partial charge >= 0.3 is 0 Å². The van der Waals surface area contributed by atoms with Gasteiger partial charge in [0.2, 0.25) is 0 Å². The number of benzene rings is 3. The van der Waals surface area contributed by atoms with Gasteiger partial charge in [0.05, 0.1) is 28.1 Å². The molecule has 0 aliphatic rings. The average Bonchev–Trinajstić information content (AvgIpc) is 3.26. The summed E-state index contributed by atoms with van der Waals surface area (Å²) in [6.07, 6.45) is 0. The molecule has 0 aliphatic heterocycles. The molecule has 3 aromatic carbocycles. The van der Waals surface area contributed by atoms with Crippen LogP contribution in [0.3, 0.4) is 0 Å². The Balaban J connectivity index is 1.56. The van der Waals surface area contributed by atoms with Crippen LogP contribution in [0.2, 0.25) is 5.02 Å². The van der Waals surface area contributed by atoms with Crippen LogP contribution in [0.25, 0.3) is 27.8 Å². The fraction of sp³-hybridized carbons (Fsp3) is 0.0417. The molecule has 0 saturated carbocycles. The van der Waals surface area contributed by atoms with Gasteiger partial charge in [-0.25, -0.2) is 9.37 Å². The van der Waals surface area contributed by atoms with Crippen molar-refractivity contribution in [3.8, 4) is 16.9 Å². The molecular weight excluding hydrogens is 443 g/mol. The minimum absolute atomic E-state index is 0.0151. The molecule has 2 heterocycles. The maximum atomic E-state index is 14.6. The molecule has 7 nitrogen and oxygen atoms in total. The average molecular weight is 459 g/mol. The Morgan fingerprint density at radius 3 is 2.58 bits per heavy atom. The number of carbonyl (C=O) groups excluding carboxylic acids is 1. The van der Waals surface area contributed by atoms with Crippen molar-refractivity contribution in [3.63, 3.8) is 0 Å². The zero-order valence-corrected chi connectivity index (χ0v) is 18.1. The van der Waals surface area contributed by atoms with Crippen molar-refractivity contribution in [1.29, 1.82) is 0 Å². The summed E-state index contributed by atoms with van der Waals surface area (Å²) < 4.78 is 16.0. The smallest absolute Gasteiger partial charge is 0.256 e. The number of carbonyl (C=O) groups is 1. The maximum Gasteiger partial charge on any atom is 0.256 e. The van der Waals surface area contributed by atoms with E-state index in [0.29, 0.717) is 38.7 Å². The molecule has 33 heavy (non-hydrogen) atoms.